The summed E-state index contributed by atoms with van der Waals surface area (Å²) in [4.78, 5) is 19.6. The van der Waals surface area contributed by atoms with E-state index in [0.29, 0.717) is 18.1 Å². The van der Waals surface area contributed by atoms with Crippen molar-refractivity contribution in [2.75, 3.05) is 6.61 Å². The lowest BCUT2D eigenvalue weighted by Gasteiger charge is -2.24. The van der Waals surface area contributed by atoms with Crippen LogP contribution in [0.15, 0.2) is 30.3 Å². The van der Waals surface area contributed by atoms with Crippen molar-refractivity contribution in [3.05, 3.63) is 53.1 Å². The monoisotopic (exact) mass is 254 g/mol. The van der Waals surface area contributed by atoms with Gasteiger partial charge in [0.2, 0.25) is 0 Å². The number of carbonyl (C=O) groups excluding carboxylic acids is 1. The normalized spacial score (nSPS) is 17.4. The largest absolute Gasteiger partial charge is 0.493 e. The van der Waals surface area contributed by atoms with Crippen LogP contribution >= 0.6 is 0 Å². The topological polar surface area (TPSA) is 52.1 Å². The molecule has 0 radical (unpaired) electrons. The van der Waals surface area contributed by atoms with E-state index < -0.39 is 0 Å². The van der Waals surface area contributed by atoms with E-state index in [4.69, 9.17) is 4.74 Å². The molecular weight excluding hydrogens is 240 g/mol. The smallest absolute Gasteiger partial charge is 0.168 e. The molecule has 0 saturated heterocycles. The van der Waals surface area contributed by atoms with Crippen molar-refractivity contribution in [1.82, 2.24) is 9.97 Å². The number of rotatable bonds is 2. The molecule has 0 saturated carbocycles. The highest BCUT2D eigenvalue weighted by Gasteiger charge is 2.23. The second-order valence-corrected chi connectivity index (χ2v) is 4.73. The summed E-state index contributed by atoms with van der Waals surface area (Å²) in [5.41, 5.74) is 2.41. The van der Waals surface area contributed by atoms with Gasteiger partial charge in [0.05, 0.1) is 12.5 Å². The second-order valence-electron chi connectivity index (χ2n) is 4.73. The van der Waals surface area contributed by atoms with Crippen molar-refractivity contribution in [2.24, 2.45) is 0 Å². The van der Waals surface area contributed by atoms with Gasteiger partial charge in [-0.1, -0.05) is 18.2 Å². The quantitative estimate of drug-likeness (QED) is 0.772. The second kappa shape index (κ2) is 4.80. The molecule has 0 amide bonds. The summed E-state index contributed by atoms with van der Waals surface area (Å²) in [6.07, 6.45) is 1.60. The minimum Gasteiger partial charge on any atom is -0.493 e. The predicted molar refractivity (Wildman–Crippen MR) is 70.5 cm³/mol. The Morgan fingerprint density at radius 2 is 2.16 bits per heavy atom. The SMILES string of the molecule is Cc1cc(C=O)nc(C2COc3ccccc3C2)n1. The van der Waals surface area contributed by atoms with E-state index in [1.54, 1.807) is 6.07 Å². The molecule has 0 bridgehead atoms. The molecule has 4 heteroatoms. The standard InChI is InChI=1S/C15H14N2O2/c1-10-6-13(8-18)17-15(16-10)12-7-11-4-2-3-5-14(11)19-9-12/h2-6,8,12H,7,9H2,1H3. The number of fused-ring (bicyclic) bond motifs is 1. The molecule has 1 atom stereocenters. The van der Waals surface area contributed by atoms with Gasteiger partial charge >= 0.3 is 0 Å². The minimum atomic E-state index is 0.105. The molecule has 19 heavy (non-hydrogen) atoms. The van der Waals surface area contributed by atoms with Crippen LogP contribution in [0.4, 0.5) is 0 Å². The van der Waals surface area contributed by atoms with E-state index in [0.717, 1.165) is 29.7 Å². The molecule has 0 aliphatic carbocycles. The molecule has 96 valence electrons. The van der Waals surface area contributed by atoms with Crippen LogP contribution in [0.5, 0.6) is 5.75 Å². The van der Waals surface area contributed by atoms with Gasteiger partial charge in [0, 0.05) is 5.69 Å². The summed E-state index contributed by atoms with van der Waals surface area (Å²) in [5, 5.41) is 0. The van der Waals surface area contributed by atoms with Crippen molar-refractivity contribution in [3.8, 4) is 5.75 Å². The highest BCUT2D eigenvalue weighted by molar-refractivity contribution is 5.71. The Hall–Kier alpha value is -2.23. The summed E-state index contributed by atoms with van der Waals surface area (Å²) < 4.78 is 5.74. The fraction of sp³-hybridized carbons (Fsp3) is 0.267. The zero-order valence-corrected chi connectivity index (χ0v) is 10.7. The predicted octanol–water partition coefficient (Wildman–Crippen LogP) is 2.32. The molecule has 2 aromatic rings. The highest BCUT2D eigenvalue weighted by atomic mass is 16.5. The zero-order chi connectivity index (χ0) is 13.2. The summed E-state index contributed by atoms with van der Waals surface area (Å²) in [6, 6.07) is 9.68. The third kappa shape index (κ3) is 2.34. The first-order chi connectivity index (χ1) is 9.26. The Morgan fingerprint density at radius 1 is 1.32 bits per heavy atom. The van der Waals surface area contributed by atoms with Gasteiger partial charge in [-0.05, 0) is 31.0 Å². The first kappa shape index (κ1) is 11.8. The van der Waals surface area contributed by atoms with Crippen molar-refractivity contribution >= 4 is 6.29 Å². The van der Waals surface area contributed by atoms with Crippen LogP contribution in [0.2, 0.25) is 0 Å². The molecular formula is C15H14N2O2. The summed E-state index contributed by atoms with van der Waals surface area (Å²) in [6.45, 7) is 2.43. The number of aryl methyl sites for hydroxylation is 1. The van der Waals surface area contributed by atoms with Gasteiger partial charge in [0.25, 0.3) is 0 Å². The number of aldehydes is 1. The molecule has 3 rings (SSSR count). The molecule has 0 fully saturated rings. The lowest BCUT2D eigenvalue weighted by Crippen LogP contribution is -2.21. The number of hydrogen-bond donors (Lipinski definition) is 0. The summed E-state index contributed by atoms with van der Waals surface area (Å²) in [7, 11) is 0. The Morgan fingerprint density at radius 3 is 3.00 bits per heavy atom. The summed E-state index contributed by atoms with van der Waals surface area (Å²) >= 11 is 0. The van der Waals surface area contributed by atoms with E-state index >= 15 is 0 Å². The van der Waals surface area contributed by atoms with E-state index in [2.05, 4.69) is 16.0 Å². The molecule has 0 spiro atoms. The molecule has 1 aliphatic heterocycles. The van der Waals surface area contributed by atoms with Crippen molar-refractivity contribution < 1.29 is 9.53 Å². The van der Waals surface area contributed by atoms with Crippen LogP contribution in [0.25, 0.3) is 0 Å². The van der Waals surface area contributed by atoms with Crippen molar-refractivity contribution in [2.45, 2.75) is 19.3 Å². The molecule has 1 aromatic heterocycles. The molecule has 2 heterocycles. The molecule has 1 aliphatic rings. The average Bonchev–Trinajstić information content (AvgIpc) is 2.46. The molecule has 0 N–H and O–H groups in total. The fourth-order valence-corrected chi connectivity index (χ4v) is 2.35. The minimum absolute atomic E-state index is 0.105. The maximum atomic E-state index is 10.9. The Kier molecular flexibility index (Phi) is 2.99. The van der Waals surface area contributed by atoms with E-state index in [-0.39, 0.29) is 5.92 Å². The first-order valence-corrected chi connectivity index (χ1v) is 6.28. The van der Waals surface area contributed by atoms with E-state index in [9.17, 15) is 4.79 Å². The number of carbonyl (C=O) groups is 1. The number of benzene rings is 1. The van der Waals surface area contributed by atoms with Crippen LogP contribution in [-0.2, 0) is 6.42 Å². The zero-order valence-electron chi connectivity index (χ0n) is 10.7. The van der Waals surface area contributed by atoms with Gasteiger partial charge in [0.1, 0.15) is 17.3 Å². The van der Waals surface area contributed by atoms with Gasteiger partial charge in [-0.25, -0.2) is 9.97 Å². The lowest BCUT2D eigenvalue weighted by atomic mass is 9.96. The first-order valence-electron chi connectivity index (χ1n) is 6.28. The van der Waals surface area contributed by atoms with E-state index in [1.165, 1.54) is 0 Å². The molecule has 1 aromatic carbocycles. The van der Waals surface area contributed by atoms with Crippen LogP contribution in [0.3, 0.4) is 0 Å². The van der Waals surface area contributed by atoms with Crippen molar-refractivity contribution in [1.29, 1.82) is 0 Å². The Bertz CT molecular complexity index is 625. The number of para-hydroxylation sites is 1. The molecule has 4 nitrogen and oxygen atoms in total. The molecule has 1 unspecified atom stereocenters. The third-order valence-electron chi connectivity index (χ3n) is 3.26. The number of aromatic nitrogens is 2. The van der Waals surface area contributed by atoms with Crippen LogP contribution in [0, 0.1) is 6.92 Å². The van der Waals surface area contributed by atoms with Gasteiger partial charge in [-0.15, -0.1) is 0 Å². The Balaban J connectivity index is 1.92. The van der Waals surface area contributed by atoms with Gasteiger partial charge < -0.3 is 4.74 Å². The van der Waals surface area contributed by atoms with Crippen molar-refractivity contribution in [3.63, 3.8) is 0 Å². The number of hydrogen-bond acceptors (Lipinski definition) is 4. The third-order valence-corrected chi connectivity index (χ3v) is 3.26. The Labute approximate surface area is 111 Å². The maximum Gasteiger partial charge on any atom is 0.168 e. The summed E-state index contributed by atoms with van der Waals surface area (Å²) in [5.74, 6) is 1.73. The average molecular weight is 254 g/mol. The fourth-order valence-electron chi connectivity index (χ4n) is 2.35. The number of nitrogens with zero attached hydrogens (tertiary/aromatic N) is 2. The van der Waals surface area contributed by atoms with Crippen LogP contribution in [-0.4, -0.2) is 22.9 Å². The maximum absolute atomic E-state index is 10.9. The van der Waals surface area contributed by atoms with Gasteiger partial charge in [0.15, 0.2) is 6.29 Å². The van der Waals surface area contributed by atoms with Crippen LogP contribution < -0.4 is 4.74 Å². The highest BCUT2D eigenvalue weighted by Crippen LogP contribution is 2.30. The van der Waals surface area contributed by atoms with Gasteiger partial charge in [-0.2, -0.15) is 0 Å². The van der Waals surface area contributed by atoms with Crippen LogP contribution in [0.1, 0.15) is 33.5 Å². The number of ether oxygens (including phenoxy) is 1. The van der Waals surface area contributed by atoms with Gasteiger partial charge in [-0.3, -0.25) is 4.79 Å². The lowest BCUT2D eigenvalue weighted by molar-refractivity contribution is 0.111. The van der Waals surface area contributed by atoms with E-state index in [1.807, 2.05) is 25.1 Å².